The van der Waals surface area contributed by atoms with Crippen LogP contribution in [0, 0.1) is 32.4 Å². The summed E-state index contributed by atoms with van der Waals surface area (Å²) in [5.74, 6) is -2.06. The average molecular weight is 274 g/mol. The van der Waals surface area contributed by atoms with E-state index in [-0.39, 0.29) is 17.8 Å². The number of carbonyl (C=O) groups is 1. The Hall–Kier alpha value is -2.03. The summed E-state index contributed by atoms with van der Waals surface area (Å²) in [7, 11) is 0. The van der Waals surface area contributed by atoms with Crippen molar-refractivity contribution in [1.82, 2.24) is 0 Å². The molecule has 0 radical (unpaired) electrons. The monoisotopic (exact) mass is 274 g/mol. The normalized spacial score (nSPS) is 10.7. The lowest BCUT2D eigenvalue weighted by molar-refractivity contribution is 0.0990. The molecule has 0 unspecified atom stereocenters. The molecule has 0 aliphatic carbocycles. The van der Waals surface area contributed by atoms with E-state index in [1.54, 1.807) is 0 Å². The molecule has 0 amide bonds. The first-order valence-electron chi connectivity index (χ1n) is 6.44. The van der Waals surface area contributed by atoms with Crippen molar-refractivity contribution in [3.8, 4) is 0 Å². The predicted octanol–water partition coefficient (Wildman–Crippen LogP) is 4.32. The fourth-order valence-corrected chi connectivity index (χ4v) is 2.57. The van der Waals surface area contributed by atoms with Crippen molar-refractivity contribution in [3.63, 3.8) is 0 Å². The Kier molecular flexibility index (Phi) is 3.98. The maximum Gasteiger partial charge on any atom is 0.167 e. The highest BCUT2D eigenvalue weighted by Gasteiger charge is 2.16. The highest BCUT2D eigenvalue weighted by Crippen LogP contribution is 2.20. The van der Waals surface area contributed by atoms with E-state index in [9.17, 15) is 13.6 Å². The summed E-state index contributed by atoms with van der Waals surface area (Å²) in [6, 6.07) is 7.74. The molecule has 0 saturated heterocycles. The van der Waals surface area contributed by atoms with Crippen molar-refractivity contribution >= 4 is 5.78 Å². The van der Waals surface area contributed by atoms with Crippen LogP contribution in [-0.4, -0.2) is 5.78 Å². The molecular weight excluding hydrogens is 258 g/mol. The van der Waals surface area contributed by atoms with E-state index < -0.39 is 11.6 Å². The first-order chi connectivity index (χ1) is 9.40. The molecule has 1 nitrogen and oxygen atoms in total. The molecule has 0 heterocycles. The number of carbonyl (C=O) groups excluding carboxylic acids is 1. The highest BCUT2D eigenvalue weighted by molar-refractivity contribution is 6.00. The van der Waals surface area contributed by atoms with Gasteiger partial charge in [0.15, 0.2) is 17.4 Å². The number of Topliss-reactive ketones (excluding diaryl/α,β-unsaturated/α-hetero) is 1. The van der Waals surface area contributed by atoms with Crippen molar-refractivity contribution < 1.29 is 13.6 Å². The van der Waals surface area contributed by atoms with Crippen molar-refractivity contribution in [2.45, 2.75) is 27.2 Å². The first kappa shape index (κ1) is 14.4. The zero-order valence-corrected chi connectivity index (χ0v) is 11.8. The summed E-state index contributed by atoms with van der Waals surface area (Å²) >= 11 is 0. The molecular formula is C17H16F2O. The second-order valence-electron chi connectivity index (χ2n) is 5.09. The molecule has 0 aromatic heterocycles. The molecule has 0 atom stereocenters. The molecule has 0 aliphatic rings. The summed E-state index contributed by atoms with van der Waals surface area (Å²) in [5, 5.41) is 0. The van der Waals surface area contributed by atoms with Gasteiger partial charge in [-0.25, -0.2) is 8.78 Å². The maximum absolute atomic E-state index is 13.6. The second kappa shape index (κ2) is 5.53. The Labute approximate surface area is 117 Å². The Morgan fingerprint density at radius 2 is 1.65 bits per heavy atom. The first-order valence-corrected chi connectivity index (χ1v) is 6.44. The van der Waals surface area contributed by atoms with E-state index in [1.807, 2.05) is 32.9 Å². The van der Waals surface area contributed by atoms with Crippen LogP contribution in [-0.2, 0) is 6.42 Å². The summed E-state index contributed by atoms with van der Waals surface area (Å²) in [5.41, 5.74) is 3.50. The van der Waals surface area contributed by atoms with Gasteiger partial charge < -0.3 is 0 Å². The number of benzene rings is 2. The zero-order chi connectivity index (χ0) is 14.9. The fourth-order valence-electron chi connectivity index (χ4n) is 2.57. The van der Waals surface area contributed by atoms with Gasteiger partial charge in [0, 0.05) is 12.0 Å². The van der Waals surface area contributed by atoms with E-state index >= 15 is 0 Å². The molecule has 0 saturated carbocycles. The van der Waals surface area contributed by atoms with Gasteiger partial charge in [-0.05, 0) is 43.5 Å². The summed E-state index contributed by atoms with van der Waals surface area (Å²) in [6.07, 6.45) is -0.131. The zero-order valence-electron chi connectivity index (χ0n) is 11.8. The minimum Gasteiger partial charge on any atom is -0.294 e. The quantitative estimate of drug-likeness (QED) is 0.762. The molecule has 20 heavy (non-hydrogen) atoms. The molecule has 2 rings (SSSR count). The fraction of sp³-hybridized carbons (Fsp3) is 0.235. The Morgan fingerprint density at radius 1 is 1.05 bits per heavy atom. The minimum atomic E-state index is -0.941. The van der Waals surface area contributed by atoms with Gasteiger partial charge in [-0.2, -0.15) is 0 Å². The van der Waals surface area contributed by atoms with Gasteiger partial charge in [-0.1, -0.05) is 29.8 Å². The second-order valence-corrected chi connectivity index (χ2v) is 5.09. The lowest BCUT2D eigenvalue weighted by Crippen LogP contribution is -2.10. The maximum atomic E-state index is 13.6. The largest absolute Gasteiger partial charge is 0.294 e. The van der Waals surface area contributed by atoms with Crippen LogP contribution in [0.4, 0.5) is 8.78 Å². The van der Waals surface area contributed by atoms with E-state index in [1.165, 1.54) is 12.1 Å². The summed E-state index contributed by atoms with van der Waals surface area (Å²) < 4.78 is 26.8. The van der Waals surface area contributed by atoms with Crippen LogP contribution in [0.5, 0.6) is 0 Å². The van der Waals surface area contributed by atoms with Crippen molar-refractivity contribution in [2.24, 2.45) is 0 Å². The third-order valence-corrected chi connectivity index (χ3v) is 3.34. The number of aryl methyl sites for hydroxylation is 3. The van der Waals surface area contributed by atoms with Gasteiger partial charge >= 0.3 is 0 Å². The lowest BCUT2D eigenvalue weighted by Gasteiger charge is -2.11. The van der Waals surface area contributed by atoms with E-state index in [2.05, 4.69) is 0 Å². The molecule has 0 fully saturated rings. The van der Waals surface area contributed by atoms with Crippen molar-refractivity contribution in [2.75, 3.05) is 0 Å². The molecule has 104 valence electrons. The van der Waals surface area contributed by atoms with Gasteiger partial charge in [0.2, 0.25) is 0 Å². The Bertz CT molecular complexity index is 652. The van der Waals surface area contributed by atoms with Crippen LogP contribution < -0.4 is 0 Å². The van der Waals surface area contributed by atoms with Gasteiger partial charge in [-0.15, -0.1) is 0 Å². The van der Waals surface area contributed by atoms with Crippen LogP contribution in [0.25, 0.3) is 0 Å². The van der Waals surface area contributed by atoms with Gasteiger partial charge in [-0.3, -0.25) is 4.79 Å². The number of hydrogen-bond acceptors (Lipinski definition) is 1. The molecule has 0 aliphatic heterocycles. The van der Waals surface area contributed by atoms with Crippen LogP contribution in [0.1, 0.15) is 32.6 Å². The van der Waals surface area contributed by atoms with Crippen LogP contribution >= 0.6 is 0 Å². The third-order valence-electron chi connectivity index (χ3n) is 3.34. The van der Waals surface area contributed by atoms with E-state index in [0.717, 1.165) is 22.8 Å². The summed E-state index contributed by atoms with van der Waals surface area (Å²) in [4.78, 5) is 12.3. The van der Waals surface area contributed by atoms with Gasteiger partial charge in [0.1, 0.15) is 0 Å². The van der Waals surface area contributed by atoms with Crippen LogP contribution in [0.15, 0.2) is 30.3 Å². The van der Waals surface area contributed by atoms with Gasteiger partial charge in [0.25, 0.3) is 0 Å². The number of halogens is 2. The summed E-state index contributed by atoms with van der Waals surface area (Å²) in [6.45, 7) is 5.67. The number of hydrogen-bond donors (Lipinski definition) is 0. The smallest absolute Gasteiger partial charge is 0.167 e. The molecule has 0 N–H and O–H groups in total. The van der Waals surface area contributed by atoms with E-state index in [0.29, 0.717) is 5.56 Å². The number of rotatable bonds is 3. The van der Waals surface area contributed by atoms with Crippen LogP contribution in [0.2, 0.25) is 0 Å². The minimum absolute atomic E-state index is 0.0920. The molecule has 0 spiro atoms. The lowest BCUT2D eigenvalue weighted by atomic mass is 9.93. The van der Waals surface area contributed by atoms with E-state index in [4.69, 9.17) is 0 Å². The molecule has 2 aromatic rings. The average Bonchev–Trinajstić information content (AvgIpc) is 2.33. The molecule has 2 aromatic carbocycles. The predicted molar refractivity (Wildman–Crippen MR) is 75.0 cm³/mol. The molecule has 3 heteroatoms. The topological polar surface area (TPSA) is 17.1 Å². The molecule has 0 bridgehead atoms. The number of ketones is 1. The van der Waals surface area contributed by atoms with Gasteiger partial charge in [0.05, 0.1) is 0 Å². The Balaban J connectivity index is 2.36. The SMILES string of the molecule is Cc1cc(C)c(C(=O)Cc2cccc(F)c2F)c(C)c1. The third kappa shape index (κ3) is 2.77. The highest BCUT2D eigenvalue weighted by atomic mass is 19.2. The standard InChI is InChI=1S/C17H16F2O/c1-10-7-11(2)16(12(3)8-10)15(20)9-13-5-4-6-14(18)17(13)19/h4-8H,9H2,1-3H3. The van der Waals surface area contributed by atoms with Crippen molar-refractivity contribution in [3.05, 3.63) is 69.8 Å². The van der Waals surface area contributed by atoms with Crippen molar-refractivity contribution in [1.29, 1.82) is 0 Å². The van der Waals surface area contributed by atoms with Crippen LogP contribution in [0.3, 0.4) is 0 Å². The Morgan fingerprint density at radius 3 is 2.25 bits per heavy atom.